The van der Waals surface area contributed by atoms with Gasteiger partial charge in [-0.05, 0) is 25.7 Å². The van der Waals surface area contributed by atoms with Crippen molar-refractivity contribution >= 4 is 23.3 Å². The fraction of sp³-hybridized carbons (Fsp3) is 0.643. The summed E-state index contributed by atoms with van der Waals surface area (Å²) in [6.45, 7) is 4.86. The highest BCUT2D eigenvalue weighted by Gasteiger charge is 2.35. The second kappa shape index (κ2) is 6.89. The van der Waals surface area contributed by atoms with Crippen molar-refractivity contribution in [1.82, 2.24) is 15.2 Å². The number of nitrogens with one attached hydrogen (secondary N) is 1. The number of rotatable bonds is 4. The second-order valence-corrected chi connectivity index (χ2v) is 6.69. The van der Waals surface area contributed by atoms with Crippen LogP contribution in [0.15, 0.2) is 6.20 Å². The van der Waals surface area contributed by atoms with Gasteiger partial charge in [0.1, 0.15) is 11.0 Å². The topological polar surface area (TPSA) is 82.5 Å². The minimum Gasteiger partial charge on any atom is -0.480 e. The first-order valence-electron chi connectivity index (χ1n) is 7.19. The molecule has 1 aliphatic heterocycles. The normalized spacial score (nSPS) is 22.1. The third-order valence-corrected chi connectivity index (χ3v) is 4.81. The van der Waals surface area contributed by atoms with E-state index in [4.69, 9.17) is 0 Å². The molecule has 0 saturated carbocycles. The zero-order chi connectivity index (χ0) is 15.4. The molecule has 2 amide bonds. The van der Waals surface area contributed by atoms with Crippen LogP contribution in [0.2, 0.25) is 0 Å². The first-order valence-corrected chi connectivity index (χ1v) is 8.01. The maximum absolute atomic E-state index is 12.2. The lowest BCUT2D eigenvalue weighted by Gasteiger charge is -2.36. The van der Waals surface area contributed by atoms with Gasteiger partial charge >= 0.3 is 12.0 Å². The molecule has 2 N–H and O–H groups in total. The van der Waals surface area contributed by atoms with Gasteiger partial charge < -0.3 is 15.3 Å². The minimum absolute atomic E-state index is 0.315. The molecule has 0 aromatic carbocycles. The molecule has 0 radical (unpaired) electrons. The van der Waals surface area contributed by atoms with Gasteiger partial charge in [-0.3, -0.25) is 0 Å². The third kappa shape index (κ3) is 3.93. The molecule has 0 spiro atoms. The number of piperidine rings is 1. The van der Waals surface area contributed by atoms with E-state index in [2.05, 4.69) is 17.2 Å². The van der Waals surface area contributed by atoms with E-state index in [9.17, 15) is 14.7 Å². The van der Waals surface area contributed by atoms with E-state index in [-0.39, 0.29) is 6.03 Å². The third-order valence-electron chi connectivity index (χ3n) is 3.89. The van der Waals surface area contributed by atoms with Crippen molar-refractivity contribution < 1.29 is 14.7 Å². The monoisotopic (exact) mass is 311 g/mol. The number of carbonyl (C=O) groups is 2. The number of aliphatic carboxylic acids is 1. The Labute approximate surface area is 128 Å². The van der Waals surface area contributed by atoms with Crippen LogP contribution in [0, 0.1) is 12.8 Å². The maximum atomic E-state index is 12.2. The van der Waals surface area contributed by atoms with Gasteiger partial charge in [-0.1, -0.05) is 13.3 Å². The zero-order valence-electron chi connectivity index (χ0n) is 12.3. The van der Waals surface area contributed by atoms with Crippen molar-refractivity contribution in [3.63, 3.8) is 0 Å². The predicted molar refractivity (Wildman–Crippen MR) is 80.2 cm³/mol. The highest BCUT2D eigenvalue weighted by Crippen LogP contribution is 2.25. The molecule has 1 aromatic rings. The van der Waals surface area contributed by atoms with Crippen LogP contribution in [-0.4, -0.2) is 39.6 Å². The number of carboxylic acid groups (broad SMARTS) is 1. The van der Waals surface area contributed by atoms with Gasteiger partial charge in [0.05, 0.1) is 6.54 Å². The van der Waals surface area contributed by atoms with Crippen molar-refractivity contribution in [2.75, 3.05) is 6.54 Å². The van der Waals surface area contributed by atoms with Gasteiger partial charge in [-0.15, -0.1) is 11.3 Å². The van der Waals surface area contributed by atoms with Crippen molar-refractivity contribution in [2.24, 2.45) is 5.92 Å². The molecule has 1 aliphatic rings. The lowest BCUT2D eigenvalue weighted by atomic mass is 9.89. The summed E-state index contributed by atoms with van der Waals surface area (Å²) >= 11 is 1.53. The molecule has 1 aromatic heterocycles. The minimum atomic E-state index is -0.923. The highest BCUT2D eigenvalue weighted by atomic mass is 32.1. The summed E-state index contributed by atoms with van der Waals surface area (Å²) in [6, 6.07) is -1.04. The van der Waals surface area contributed by atoms with E-state index < -0.39 is 12.0 Å². The lowest BCUT2D eigenvalue weighted by Crippen LogP contribution is -2.53. The quantitative estimate of drug-likeness (QED) is 0.893. The predicted octanol–water partition coefficient (Wildman–Crippen LogP) is 2.24. The second-order valence-electron chi connectivity index (χ2n) is 5.37. The van der Waals surface area contributed by atoms with Crippen molar-refractivity contribution in [2.45, 2.75) is 45.7 Å². The summed E-state index contributed by atoms with van der Waals surface area (Å²) in [5.74, 6) is -0.537. The molecule has 0 aliphatic carbocycles. The number of aromatic nitrogens is 1. The van der Waals surface area contributed by atoms with E-state index in [1.807, 2.05) is 6.92 Å². The molecule has 6 nitrogen and oxygen atoms in total. The van der Waals surface area contributed by atoms with Gasteiger partial charge in [0.25, 0.3) is 0 Å². The number of amides is 2. The van der Waals surface area contributed by atoms with Crippen LogP contribution < -0.4 is 5.32 Å². The number of thiazole rings is 1. The summed E-state index contributed by atoms with van der Waals surface area (Å²) in [5, 5.41) is 12.9. The number of carbonyl (C=O) groups excluding carboxylic acids is 1. The van der Waals surface area contributed by atoms with Gasteiger partial charge in [0, 0.05) is 17.6 Å². The number of aryl methyl sites for hydroxylation is 1. The number of urea groups is 1. The fourth-order valence-electron chi connectivity index (χ4n) is 2.62. The van der Waals surface area contributed by atoms with Crippen molar-refractivity contribution in [3.05, 3.63) is 16.1 Å². The Morgan fingerprint density at radius 3 is 2.90 bits per heavy atom. The molecule has 116 valence electrons. The van der Waals surface area contributed by atoms with Crippen LogP contribution in [-0.2, 0) is 11.3 Å². The number of likely N-dealkylation sites (tertiary alicyclic amines) is 1. The Morgan fingerprint density at radius 1 is 1.57 bits per heavy atom. The van der Waals surface area contributed by atoms with E-state index in [1.165, 1.54) is 16.2 Å². The molecule has 7 heteroatoms. The molecule has 2 unspecified atom stereocenters. The summed E-state index contributed by atoms with van der Waals surface area (Å²) in [5.41, 5.74) is 0. The van der Waals surface area contributed by atoms with Gasteiger partial charge in [0.2, 0.25) is 0 Å². The Morgan fingerprint density at radius 2 is 2.33 bits per heavy atom. The molecule has 2 atom stereocenters. The molecule has 0 bridgehead atoms. The van der Waals surface area contributed by atoms with Gasteiger partial charge in [-0.25, -0.2) is 14.6 Å². The number of nitrogens with zero attached hydrogens (tertiary/aromatic N) is 2. The summed E-state index contributed by atoms with van der Waals surface area (Å²) < 4.78 is 0. The van der Waals surface area contributed by atoms with Crippen molar-refractivity contribution in [1.29, 1.82) is 0 Å². The molecular formula is C14H21N3O3S. The Kier molecular flexibility index (Phi) is 5.17. The molecule has 2 heterocycles. The molecule has 2 rings (SSSR count). The number of hydrogen-bond donors (Lipinski definition) is 2. The van der Waals surface area contributed by atoms with Gasteiger partial charge in [-0.2, -0.15) is 0 Å². The fourth-order valence-corrected chi connectivity index (χ4v) is 3.35. The van der Waals surface area contributed by atoms with Gasteiger partial charge in [0.15, 0.2) is 0 Å². The first-order chi connectivity index (χ1) is 10.0. The SMILES string of the molecule is CCC1CCN(C(=O)NCc2ncc(C)s2)C(C(=O)O)C1. The van der Waals surface area contributed by atoms with Crippen LogP contribution in [0.3, 0.4) is 0 Å². The highest BCUT2D eigenvalue weighted by molar-refractivity contribution is 7.11. The van der Waals surface area contributed by atoms with E-state index in [1.54, 1.807) is 6.20 Å². The molecule has 1 fully saturated rings. The summed E-state index contributed by atoms with van der Waals surface area (Å²) in [4.78, 5) is 30.3. The van der Waals surface area contributed by atoms with Crippen LogP contribution >= 0.6 is 11.3 Å². The molecule has 1 saturated heterocycles. The van der Waals surface area contributed by atoms with Crippen molar-refractivity contribution in [3.8, 4) is 0 Å². The standard InChI is InChI=1S/C14H21N3O3S/c1-3-10-4-5-17(11(6-10)13(18)19)14(20)16-8-12-15-7-9(2)21-12/h7,10-11H,3-6,8H2,1-2H3,(H,16,20)(H,18,19). The Hall–Kier alpha value is -1.63. The van der Waals surface area contributed by atoms with E-state index in [0.29, 0.717) is 25.4 Å². The lowest BCUT2D eigenvalue weighted by molar-refractivity contribution is -0.144. The number of carboxylic acids is 1. The average Bonchev–Trinajstić information content (AvgIpc) is 2.89. The summed E-state index contributed by atoms with van der Waals surface area (Å²) in [6.07, 6.45) is 4.12. The number of hydrogen-bond acceptors (Lipinski definition) is 4. The summed E-state index contributed by atoms with van der Waals surface area (Å²) in [7, 11) is 0. The smallest absolute Gasteiger partial charge is 0.326 e. The molecular weight excluding hydrogens is 290 g/mol. The van der Waals surface area contributed by atoms with Crippen LogP contribution in [0.5, 0.6) is 0 Å². The maximum Gasteiger partial charge on any atom is 0.326 e. The van der Waals surface area contributed by atoms with E-state index in [0.717, 1.165) is 22.7 Å². The first kappa shape index (κ1) is 15.8. The molecule has 21 heavy (non-hydrogen) atoms. The Bertz CT molecular complexity index is 517. The average molecular weight is 311 g/mol. The largest absolute Gasteiger partial charge is 0.480 e. The van der Waals surface area contributed by atoms with Crippen LogP contribution in [0.1, 0.15) is 36.1 Å². The van der Waals surface area contributed by atoms with Crippen LogP contribution in [0.25, 0.3) is 0 Å². The Balaban J connectivity index is 1.95. The zero-order valence-corrected chi connectivity index (χ0v) is 13.2. The van der Waals surface area contributed by atoms with Crippen LogP contribution in [0.4, 0.5) is 4.79 Å². The van der Waals surface area contributed by atoms with E-state index >= 15 is 0 Å².